The molecule has 0 aliphatic carbocycles. The number of nitrogens with two attached hydrogens (primary N) is 1. The summed E-state index contributed by atoms with van der Waals surface area (Å²) in [6, 6.07) is 3.09. The standard InChI is InChI=1S/C9H10ClF2NO/c1-14-5-2-3-6(7(10)4-5)8(13)9(11)12/h2-4,8-9H,13H2,1H3. The second kappa shape index (κ2) is 4.57. The van der Waals surface area contributed by atoms with Crippen LogP contribution in [0.2, 0.25) is 5.02 Å². The summed E-state index contributed by atoms with van der Waals surface area (Å²) in [5, 5.41) is 0.192. The largest absolute Gasteiger partial charge is 0.497 e. The van der Waals surface area contributed by atoms with Gasteiger partial charge in [-0.1, -0.05) is 17.7 Å². The Bertz CT molecular complexity index is 320. The lowest BCUT2D eigenvalue weighted by molar-refractivity contribution is 0.116. The lowest BCUT2D eigenvalue weighted by atomic mass is 10.1. The fourth-order valence-electron chi connectivity index (χ4n) is 1.04. The summed E-state index contributed by atoms with van der Waals surface area (Å²) in [5.41, 5.74) is 5.48. The Labute approximate surface area is 85.6 Å². The fourth-order valence-corrected chi connectivity index (χ4v) is 1.34. The Balaban J connectivity index is 2.99. The van der Waals surface area contributed by atoms with Crippen LogP contribution in [-0.4, -0.2) is 13.5 Å². The number of ether oxygens (including phenoxy) is 1. The highest BCUT2D eigenvalue weighted by atomic mass is 35.5. The van der Waals surface area contributed by atoms with Crippen molar-refractivity contribution in [2.45, 2.75) is 12.5 Å². The third-order valence-corrected chi connectivity index (χ3v) is 2.17. The van der Waals surface area contributed by atoms with Gasteiger partial charge in [-0.3, -0.25) is 0 Å². The molecule has 1 rings (SSSR count). The Hall–Kier alpha value is -0.870. The minimum absolute atomic E-state index is 0.192. The maximum Gasteiger partial charge on any atom is 0.257 e. The molecule has 2 nitrogen and oxygen atoms in total. The van der Waals surface area contributed by atoms with Gasteiger partial charge >= 0.3 is 0 Å². The van der Waals surface area contributed by atoms with Gasteiger partial charge in [0.05, 0.1) is 13.2 Å². The number of methoxy groups -OCH3 is 1. The summed E-state index contributed by atoms with van der Waals surface area (Å²) in [6.07, 6.45) is -2.62. The van der Waals surface area contributed by atoms with E-state index in [0.29, 0.717) is 5.75 Å². The molecular weight excluding hydrogens is 212 g/mol. The molecule has 0 fully saturated rings. The number of benzene rings is 1. The van der Waals surface area contributed by atoms with Gasteiger partial charge in [-0.25, -0.2) is 8.78 Å². The van der Waals surface area contributed by atoms with Gasteiger partial charge in [-0.05, 0) is 17.7 Å². The van der Waals surface area contributed by atoms with Gasteiger partial charge in [0.25, 0.3) is 6.43 Å². The van der Waals surface area contributed by atoms with E-state index in [1.165, 1.54) is 19.2 Å². The number of alkyl halides is 2. The highest BCUT2D eigenvalue weighted by Gasteiger charge is 2.20. The molecular formula is C9H10ClF2NO. The fraction of sp³-hybridized carbons (Fsp3) is 0.333. The van der Waals surface area contributed by atoms with Crippen LogP contribution >= 0.6 is 11.6 Å². The highest BCUT2D eigenvalue weighted by molar-refractivity contribution is 6.31. The van der Waals surface area contributed by atoms with E-state index in [1.54, 1.807) is 6.07 Å². The predicted octanol–water partition coefficient (Wildman–Crippen LogP) is 2.61. The molecule has 1 unspecified atom stereocenters. The normalized spacial score (nSPS) is 13.0. The lowest BCUT2D eigenvalue weighted by Crippen LogP contribution is -2.19. The quantitative estimate of drug-likeness (QED) is 0.852. The number of hydrogen-bond donors (Lipinski definition) is 1. The van der Waals surface area contributed by atoms with Crippen LogP contribution in [0.1, 0.15) is 11.6 Å². The Kier molecular flexibility index (Phi) is 3.66. The van der Waals surface area contributed by atoms with E-state index < -0.39 is 12.5 Å². The first-order valence-electron chi connectivity index (χ1n) is 3.93. The van der Waals surface area contributed by atoms with Crippen LogP contribution in [-0.2, 0) is 0 Å². The maximum absolute atomic E-state index is 12.3. The molecule has 0 aliphatic rings. The van der Waals surface area contributed by atoms with Crippen molar-refractivity contribution >= 4 is 11.6 Å². The van der Waals surface area contributed by atoms with Crippen LogP contribution in [0, 0.1) is 0 Å². The number of rotatable bonds is 3. The van der Waals surface area contributed by atoms with Gasteiger partial charge in [-0.2, -0.15) is 0 Å². The van der Waals surface area contributed by atoms with Crippen molar-refractivity contribution in [2.75, 3.05) is 7.11 Å². The van der Waals surface area contributed by atoms with Crippen molar-refractivity contribution in [3.8, 4) is 5.75 Å². The van der Waals surface area contributed by atoms with Gasteiger partial charge in [-0.15, -0.1) is 0 Å². The van der Waals surface area contributed by atoms with E-state index in [1.807, 2.05) is 0 Å². The Morgan fingerprint density at radius 3 is 2.50 bits per heavy atom. The molecule has 1 aromatic carbocycles. The molecule has 0 spiro atoms. The molecule has 0 aromatic heterocycles. The highest BCUT2D eigenvalue weighted by Crippen LogP contribution is 2.28. The summed E-state index contributed by atoms with van der Waals surface area (Å²) >= 11 is 5.75. The van der Waals surface area contributed by atoms with E-state index >= 15 is 0 Å². The van der Waals surface area contributed by atoms with Crippen molar-refractivity contribution in [3.63, 3.8) is 0 Å². The van der Waals surface area contributed by atoms with Crippen molar-refractivity contribution in [3.05, 3.63) is 28.8 Å². The van der Waals surface area contributed by atoms with Crippen molar-refractivity contribution in [1.29, 1.82) is 0 Å². The molecule has 5 heteroatoms. The van der Waals surface area contributed by atoms with Crippen LogP contribution in [0.15, 0.2) is 18.2 Å². The third kappa shape index (κ3) is 2.33. The van der Waals surface area contributed by atoms with Crippen LogP contribution in [0.25, 0.3) is 0 Å². The van der Waals surface area contributed by atoms with Crippen LogP contribution in [0.4, 0.5) is 8.78 Å². The molecule has 14 heavy (non-hydrogen) atoms. The van der Waals surface area contributed by atoms with Crippen LogP contribution in [0.3, 0.4) is 0 Å². The number of hydrogen-bond acceptors (Lipinski definition) is 2. The first-order valence-corrected chi connectivity index (χ1v) is 4.31. The Morgan fingerprint density at radius 1 is 1.43 bits per heavy atom. The molecule has 0 heterocycles. The monoisotopic (exact) mass is 221 g/mol. The second-order valence-corrected chi connectivity index (χ2v) is 3.15. The van der Waals surface area contributed by atoms with Gasteiger partial charge in [0.15, 0.2) is 0 Å². The molecule has 0 radical (unpaired) electrons. The van der Waals surface area contributed by atoms with Crippen LogP contribution in [0.5, 0.6) is 5.75 Å². The summed E-state index contributed by atoms with van der Waals surface area (Å²) in [6.45, 7) is 0. The van der Waals surface area contributed by atoms with E-state index in [0.717, 1.165) is 0 Å². The zero-order valence-electron chi connectivity index (χ0n) is 7.51. The predicted molar refractivity (Wildman–Crippen MR) is 50.9 cm³/mol. The SMILES string of the molecule is COc1ccc(C(N)C(F)F)c(Cl)c1. The smallest absolute Gasteiger partial charge is 0.257 e. The van der Waals surface area contributed by atoms with Crippen molar-refractivity contribution in [2.24, 2.45) is 5.73 Å². The second-order valence-electron chi connectivity index (χ2n) is 2.75. The summed E-state index contributed by atoms with van der Waals surface area (Å²) in [4.78, 5) is 0. The summed E-state index contributed by atoms with van der Waals surface area (Å²) in [5.74, 6) is 0.514. The van der Waals surface area contributed by atoms with Gasteiger partial charge < -0.3 is 10.5 Å². The van der Waals surface area contributed by atoms with Crippen molar-refractivity contribution in [1.82, 2.24) is 0 Å². The van der Waals surface area contributed by atoms with E-state index in [-0.39, 0.29) is 10.6 Å². The maximum atomic E-state index is 12.3. The van der Waals surface area contributed by atoms with Crippen molar-refractivity contribution < 1.29 is 13.5 Å². The molecule has 2 N–H and O–H groups in total. The minimum atomic E-state index is -2.62. The zero-order chi connectivity index (χ0) is 10.7. The molecule has 1 aromatic rings. The van der Waals surface area contributed by atoms with E-state index in [4.69, 9.17) is 22.1 Å². The average Bonchev–Trinajstić information content (AvgIpc) is 2.16. The first-order chi connectivity index (χ1) is 6.56. The average molecular weight is 222 g/mol. The van der Waals surface area contributed by atoms with E-state index in [2.05, 4.69) is 0 Å². The van der Waals surface area contributed by atoms with Gasteiger partial charge in [0, 0.05) is 5.02 Å². The zero-order valence-corrected chi connectivity index (χ0v) is 8.26. The van der Waals surface area contributed by atoms with Crippen LogP contribution < -0.4 is 10.5 Å². The number of halogens is 3. The topological polar surface area (TPSA) is 35.2 Å². The molecule has 78 valence electrons. The lowest BCUT2D eigenvalue weighted by Gasteiger charge is -2.13. The molecule has 1 atom stereocenters. The molecule has 0 bridgehead atoms. The molecule has 0 aliphatic heterocycles. The minimum Gasteiger partial charge on any atom is -0.497 e. The summed E-state index contributed by atoms with van der Waals surface area (Å²) < 4.78 is 29.4. The summed E-state index contributed by atoms with van der Waals surface area (Å²) in [7, 11) is 1.47. The van der Waals surface area contributed by atoms with Gasteiger partial charge in [0.2, 0.25) is 0 Å². The first kappa shape index (κ1) is 11.2. The molecule has 0 amide bonds. The molecule has 0 saturated carbocycles. The molecule has 0 saturated heterocycles. The van der Waals surface area contributed by atoms with Gasteiger partial charge in [0.1, 0.15) is 5.75 Å². The third-order valence-electron chi connectivity index (χ3n) is 1.84. The Morgan fingerprint density at radius 2 is 2.07 bits per heavy atom. The van der Waals surface area contributed by atoms with E-state index in [9.17, 15) is 8.78 Å².